The molecule has 0 spiro atoms. The summed E-state index contributed by atoms with van der Waals surface area (Å²) in [6, 6.07) is -0.353. The highest BCUT2D eigenvalue weighted by atomic mass is 32.2. The van der Waals surface area contributed by atoms with Crippen LogP contribution in [0.5, 0.6) is 0 Å². The van der Waals surface area contributed by atoms with Crippen LogP contribution < -0.4 is 5.73 Å². The van der Waals surface area contributed by atoms with Gasteiger partial charge in [0.05, 0.1) is 12.9 Å². The highest BCUT2D eigenvalue weighted by molar-refractivity contribution is 8.13. The molecule has 3 aliphatic rings. The van der Waals surface area contributed by atoms with Crippen LogP contribution >= 0.6 is 11.8 Å². The van der Waals surface area contributed by atoms with Gasteiger partial charge >= 0.3 is 0 Å². The summed E-state index contributed by atoms with van der Waals surface area (Å²) in [6.07, 6.45) is -2.33. The zero-order valence-corrected chi connectivity index (χ0v) is 12.0. The molecule has 0 saturated carbocycles. The fourth-order valence-electron chi connectivity index (χ4n) is 2.61. The first-order chi connectivity index (χ1) is 10.1. The lowest BCUT2D eigenvalue weighted by molar-refractivity contribution is -0.0691. The first kappa shape index (κ1) is 14.7. The molecule has 1 saturated heterocycles. The van der Waals surface area contributed by atoms with Crippen LogP contribution in [0.25, 0.3) is 0 Å². The van der Waals surface area contributed by atoms with Crippen molar-refractivity contribution in [3.8, 4) is 0 Å². The van der Waals surface area contributed by atoms with Gasteiger partial charge in [-0.05, 0) is 6.26 Å². The number of nitrogens with two attached hydrogens (primary N) is 1. The van der Waals surface area contributed by atoms with Crippen molar-refractivity contribution in [2.45, 2.75) is 36.8 Å². The number of guanidine groups is 1. The van der Waals surface area contributed by atoms with Gasteiger partial charge in [0.25, 0.3) is 0 Å². The normalized spacial score (nSPS) is 42.0. The number of aliphatic imine (C=N–C) groups is 3. The third kappa shape index (κ3) is 2.31. The Labute approximate surface area is 124 Å². The number of aliphatic hydroxyl groups is 2. The molecule has 0 aromatic carbocycles. The van der Waals surface area contributed by atoms with E-state index in [0.29, 0.717) is 5.04 Å². The molecule has 0 radical (unpaired) electrons. The third-order valence-electron chi connectivity index (χ3n) is 3.67. The van der Waals surface area contributed by atoms with Crippen molar-refractivity contribution in [1.82, 2.24) is 4.90 Å². The van der Waals surface area contributed by atoms with Crippen LogP contribution in [0.1, 0.15) is 0 Å². The van der Waals surface area contributed by atoms with Gasteiger partial charge in [0, 0.05) is 0 Å². The van der Waals surface area contributed by atoms with Gasteiger partial charge < -0.3 is 25.6 Å². The van der Waals surface area contributed by atoms with Gasteiger partial charge in [-0.25, -0.2) is 14.4 Å². The summed E-state index contributed by atoms with van der Waals surface area (Å²) in [7, 11) is 0. The van der Waals surface area contributed by atoms with Crippen LogP contribution in [0.2, 0.25) is 0 Å². The van der Waals surface area contributed by atoms with E-state index in [2.05, 4.69) is 15.0 Å². The molecule has 10 heteroatoms. The van der Waals surface area contributed by atoms with Crippen LogP contribution in [-0.2, 0) is 4.74 Å². The third-order valence-corrected chi connectivity index (χ3v) is 4.42. The number of halogens is 1. The van der Waals surface area contributed by atoms with Crippen molar-refractivity contribution in [2.24, 2.45) is 20.7 Å². The Morgan fingerprint density at radius 3 is 2.95 bits per heavy atom. The molecule has 0 aliphatic carbocycles. The summed E-state index contributed by atoms with van der Waals surface area (Å²) in [4.78, 5) is 14.0. The second-order valence-electron chi connectivity index (χ2n) is 4.89. The molecule has 0 aromatic rings. The van der Waals surface area contributed by atoms with E-state index < -0.39 is 37.4 Å². The number of rotatable bonds is 2. The average molecular weight is 317 g/mol. The highest BCUT2D eigenvalue weighted by Gasteiger charge is 2.51. The Kier molecular flexibility index (Phi) is 3.86. The van der Waals surface area contributed by atoms with E-state index in [0.717, 1.165) is 0 Å². The minimum atomic E-state index is -1.67. The van der Waals surface area contributed by atoms with Crippen LogP contribution in [0, 0.1) is 0 Å². The second-order valence-corrected chi connectivity index (χ2v) is 5.72. The van der Waals surface area contributed by atoms with E-state index >= 15 is 0 Å². The average Bonchev–Trinajstić information content (AvgIpc) is 3.01. The number of fused-ring (bicyclic) bond motifs is 1. The van der Waals surface area contributed by atoms with E-state index in [1.165, 1.54) is 23.0 Å². The molecule has 0 bridgehead atoms. The summed E-state index contributed by atoms with van der Waals surface area (Å²) in [5, 5.41) is 19.5. The van der Waals surface area contributed by atoms with Crippen LogP contribution in [-0.4, -0.2) is 82.1 Å². The lowest BCUT2D eigenvalue weighted by Crippen LogP contribution is -2.50. The molecule has 4 N–H and O–H groups in total. The van der Waals surface area contributed by atoms with Gasteiger partial charge in [-0.15, -0.1) is 11.8 Å². The predicted octanol–water partition coefficient (Wildman–Crippen LogP) is -1.47. The largest absolute Gasteiger partial charge is 0.394 e. The molecule has 3 rings (SSSR count). The van der Waals surface area contributed by atoms with Crippen molar-refractivity contribution >= 4 is 29.1 Å². The van der Waals surface area contributed by atoms with E-state index in [1.54, 1.807) is 0 Å². The lowest BCUT2D eigenvalue weighted by atomic mass is 10.1. The molecule has 0 aromatic heterocycles. The fraction of sp³-hybridized carbons (Fsp3) is 0.727. The first-order valence-corrected chi connectivity index (χ1v) is 7.64. The second kappa shape index (κ2) is 5.52. The number of nitrogens with zero attached hydrogens (tertiary/aromatic N) is 4. The highest BCUT2D eigenvalue weighted by Crippen LogP contribution is 2.32. The van der Waals surface area contributed by atoms with Gasteiger partial charge in [-0.2, -0.15) is 0 Å². The summed E-state index contributed by atoms with van der Waals surface area (Å²) in [5.74, 6) is 0.101. The van der Waals surface area contributed by atoms with Crippen LogP contribution in [0.3, 0.4) is 0 Å². The first-order valence-electron chi connectivity index (χ1n) is 6.42. The molecule has 21 heavy (non-hydrogen) atoms. The predicted molar refractivity (Wildman–Crippen MR) is 77.1 cm³/mol. The van der Waals surface area contributed by atoms with Crippen molar-refractivity contribution in [3.05, 3.63) is 0 Å². The topological polar surface area (TPSA) is 116 Å². The number of hydrogen-bond donors (Lipinski definition) is 3. The molecule has 6 atom stereocenters. The molecule has 116 valence electrons. The fourth-order valence-corrected chi connectivity index (χ4v) is 3.21. The standard InChI is InChI=1S/C11H16FN5O3S/c1-21-9-6-8(15-11(13)16-9)17(3-14-6)10-5(12)7(19)4(2-18)20-10/h3-8,10,18-19H,2H2,1H3,(H2,13,15). The molecular formula is C11H16FN5O3S. The molecule has 1 fully saturated rings. The van der Waals surface area contributed by atoms with Gasteiger partial charge in [0.15, 0.2) is 18.6 Å². The molecule has 0 amide bonds. The van der Waals surface area contributed by atoms with E-state index in [1.807, 2.05) is 6.26 Å². The molecule has 3 heterocycles. The number of alkyl halides is 1. The van der Waals surface area contributed by atoms with Crippen molar-refractivity contribution in [2.75, 3.05) is 12.9 Å². The summed E-state index contributed by atoms with van der Waals surface area (Å²) in [6.45, 7) is -0.458. The quantitative estimate of drug-likeness (QED) is 0.573. The van der Waals surface area contributed by atoms with Crippen LogP contribution in [0.4, 0.5) is 4.39 Å². The maximum absolute atomic E-state index is 14.2. The number of aliphatic hydroxyl groups excluding tert-OH is 2. The number of thioether (sulfide) groups is 1. The zero-order chi connectivity index (χ0) is 15.1. The minimum absolute atomic E-state index is 0.101. The number of hydrogen-bond acceptors (Lipinski definition) is 9. The van der Waals surface area contributed by atoms with E-state index in [4.69, 9.17) is 15.6 Å². The summed E-state index contributed by atoms with van der Waals surface area (Å²) >= 11 is 1.40. The van der Waals surface area contributed by atoms with E-state index in [-0.39, 0.29) is 12.0 Å². The SMILES string of the molecule is CSC1=NC(N)=NC2C1N=CN2C1OC(CO)C(O)C1F. The minimum Gasteiger partial charge on any atom is -0.394 e. The van der Waals surface area contributed by atoms with Gasteiger partial charge in [0.1, 0.15) is 23.3 Å². The van der Waals surface area contributed by atoms with Gasteiger partial charge in [-0.1, -0.05) is 0 Å². The number of ether oxygens (including phenoxy) is 1. The van der Waals surface area contributed by atoms with Crippen molar-refractivity contribution < 1.29 is 19.3 Å². The Morgan fingerprint density at radius 2 is 2.33 bits per heavy atom. The summed E-state index contributed by atoms with van der Waals surface area (Å²) in [5.41, 5.74) is 5.68. The molecule has 3 aliphatic heterocycles. The lowest BCUT2D eigenvalue weighted by Gasteiger charge is -2.32. The zero-order valence-electron chi connectivity index (χ0n) is 11.2. The van der Waals surface area contributed by atoms with Crippen molar-refractivity contribution in [3.63, 3.8) is 0 Å². The molecule has 6 unspecified atom stereocenters. The summed E-state index contributed by atoms with van der Waals surface area (Å²) < 4.78 is 19.6. The smallest absolute Gasteiger partial charge is 0.218 e. The Balaban J connectivity index is 1.83. The van der Waals surface area contributed by atoms with E-state index in [9.17, 15) is 9.50 Å². The monoisotopic (exact) mass is 317 g/mol. The van der Waals surface area contributed by atoms with Crippen LogP contribution in [0.15, 0.2) is 15.0 Å². The van der Waals surface area contributed by atoms with Crippen molar-refractivity contribution in [1.29, 1.82) is 0 Å². The Hall–Kier alpha value is -1.23. The molecule has 8 nitrogen and oxygen atoms in total. The Bertz CT molecular complexity index is 516. The maximum atomic E-state index is 14.2. The molecular weight excluding hydrogens is 301 g/mol. The maximum Gasteiger partial charge on any atom is 0.218 e. The van der Waals surface area contributed by atoms with Gasteiger partial charge in [-0.3, -0.25) is 4.99 Å². The van der Waals surface area contributed by atoms with Gasteiger partial charge in [0.2, 0.25) is 5.96 Å². The Morgan fingerprint density at radius 1 is 1.57 bits per heavy atom.